The molecule has 1 aliphatic rings. The molecular formula is C28H46N10O10S. The van der Waals surface area contributed by atoms with Crippen LogP contribution in [0.1, 0.15) is 59.3 Å². The maximum Gasteiger partial charge on any atom is 0.249 e. The molecule has 1 fully saturated rings. The first kappa shape index (κ1) is 42.2. The molecule has 0 spiro atoms. The van der Waals surface area contributed by atoms with Gasteiger partial charge in [0, 0.05) is 12.8 Å². The van der Waals surface area contributed by atoms with E-state index in [2.05, 4.69) is 31.9 Å². The second kappa shape index (κ2) is 20.5. The topological polar surface area (TPSA) is 333 Å². The molecule has 0 aromatic carbocycles. The van der Waals surface area contributed by atoms with Crippen LogP contribution < -0.4 is 54.4 Å². The van der Waals surface area contributed by atoms with E-state index in [4.69, 9.17) is 17.2 Å². The van der Waals surface area contributed by atoms with Crippen LogP contribution in [0.15, 0.2) is 0 Å². The van der Waals surface area contributed by atoms with E-state index < -0.39 is 101 Å². The third-order valence-electron chi connectivity index (χ3n) is 7.07. The lowest BCUT2D eigenvalue weighted by atomic mass is 10.1. The molecule has 7 atom stereocenters. The monoisotopic (exact) mass is 714 g/mol. The van der Waals surface area contributed by atoms with Crippen molar-refractivity contribution in [2.75, 3.05) is 12.0 Å². The molecule has 0 unspecified atom stereocenters. The van der Waals surface area contributed by atoms with Gasteiger partial charge in [0.05, 0.1) is 12.5 Å². The Labute approximate surface area is 286 Å². The van der Waals surface area contributed by atoms with Gasteiger partial charge in [0.15, 0.2) is 0 Å². The average Bonchev–Trinajstić information content (AvgIpc) is 3.33. The Balaban J connectivity index is 3.09. The number of nitrogens with two attached hydrogens (primary N) is 3. The summed E-state index contributed by atoms with van der Waals surface area (Å²) in [5, 5.41) is 16.5. The minimum absolute atomic E-state index is 0.0381. The molecule has 0 bridgehead atoms. The summed E-state index contributed by atoms with van der Waals surface area (Å²) in [6, 6.07) is -8.45. The van der Waals surface area contributed by atoms with Gasteiger partial charge in [0.25, 0.3) is 0 Å². The summed E-state index contributed by atoms with van der Waals surface area (Å²) in [5.41, 5.74) is 16.0. The van der Waals surface area contributed by atoms with Crippen LogP contribution in [-0.2, 0) is 47.9 Å². The fourth-order valence-corrected chi connectivity index (χ4v) is 4.68. The minimum atomic E-state index is -1.41. The van der Waals surface area contributed by atoms with Crippen LogP contribution in [0, 0.1) is 0 Å². The van der Waals surface area contributed by atoms with Crippen LogP contribution in [-0.4, -0.2) is 113 Å². The van der Waals surface area contributed by atoms with Gasteiger partial charge >= 0.3 is 0 Å². The maximum atomic E-state index is 13.4. The first-order valence-corrected chi connectivity index (χ1v) is 16.7. The zero-order valence-corrected chi connectivity index (χ0v) is 28.5. The number of nitrogens with one attached hydrogen (secondary N) is 7. The highest BCUT2D eigenvalue weighted by atomic mass is 32.2. The first-order valence-electron chi connectivity index (χ1n) is 15.3. The average molecular weight is 715 g/mol. The standard InChI is InChI=1S/C28H46N10O10S/c1-12(29)22(42)32-13(2)23(43)33-14(3)24(44)34-15(5-7-19(30)39)25(45)36-17(9-10-49-4)27(47)35-16(6-8-20(31)40)26(46)37-18-11-21(41)38-28(18)48/h12-18H,5-11,29H2,1-4H3,(H2,30,39)(H2,31,40)(H,32,42)(H,33,43)(H,34,44)(H,35,47)(H,36,45)(H,37,46)(H,38,41,48)/t12-,13-,14-,15-,16-,17-,18-/m0/s1. The second-order valence-electron chi connectivity index (χ2n) is 11.4. The van der Waals surface area contributed by atoms with E-state index in [9.17, 15) is 47.9 Å². The van der Waals surface area contributed by atoms with Gasteiger partial charge in [-0.2, -0.15) is 11.8 Å². The Bertz CT molecular complexity index is 1300. The summed E-state index contributed by atoms with van der Waals surface area (Å²) in [7, 11) is 0. The van der Waals surface area contributed by atoms with Crippen molar-refractivity contribution in [3.63, 3.8) is 0 Å². The van der Waals surface area contributed by atoms with Crippen molar-refractivity contribution < 1.29 is 47.9 Å². The van der Waals surface area contributed by atoms with Crippen LogP contribution in [0.2, 0.25) is 0 Å². The molecule has 1 rings (SSSR count). The summed E-state index contributed by atoms with van der Waals surface area (Å²) >= 11 is 1.33. The maximum absolute atomic E-state index is 13.4. The number of carbonyl (C=O) groups is 10. The van der Waals surface area contributed by atoms with Crippen LogP contribution >= 0.6 is 11.8 Å². The minimum Gasteiger partial charge on any atom is -0.370 e. The fraction of sp³-hybridized carbons (Fsp3) is 0.643. The molecule has 10 amide bonds. The van der Waals surface area contributed by atoms with Crippen LogP contribution in [0.5, 0.6) is 0 Å². The van der Waals surface area contributed by atoms with Crippen molar-refractivity contribution >= 4 is 70.8 Å². The van der Waals surface area contributed by atoms with Crippen LogP contribution in [0.25, 0.3) is 0 Å². The lowest BCUT2D eigenvalue weighted by Gasteiger charge is -2.26. The molecule has 0 aliphatic carbocycles. The quantitative estimate of drug-likeness (QED) is 0.0498. The number of primary amides is 2. The largest absolute Gasteiger partial charge is 0.370 e. The summed E-state index contributed by atoms with van der Waals surface area (Å²) in [6.45, 7) is 4.11. The molecule has 0 aromatic heterocycles. The van der Waals surface area contributed by atoms with Gasteiger partial charge in [-0.05, 0) is 52.0 Å². The van der Waals surface area contributed by atoms with Crippen LogP contribution in [0.3, 0.4) is 0 Å². The summed E-state index contributed by atoms with van der Waals surface area (Å²) in [6.07, 6.45) is 0.233. The third kappa shape index (κ3) is 15.3. The van der Waals surface area contributed by atoms with E-state index in [1.165, 1.54) is 32.5 Å². The number of thioether (sulfide) groups is 1. The Morgan fingerprint density at radius 1 is 0.694 bits per heavy atom. The normalized spacial score (nSPS) is 17.5. The van der Waals surface area contributed by atoms with E-state index in [1.807, 2.05) is 5.32 Å². The molecule has 0 saturated carbocycles. The van der Waals surface area contributed by atoms with Gasteiger partial charge in [-0.25, -0.2) is 0 Å². The highest BCUT2D eigenvalue weighted by molar-refractivity contribution is 7.98. The fourth-order valence-electron chi connectivity index (χ4n) is 4.21. The molecule has 0 aromatic rings. The van der Waals surface area contributed by atoms with Gasteiger partial charge in [0.2, 0.25) is 59.1 Å². The number of amides is 10. The van der Waals surface area contributed by atoms with Gasteiger partial charge in [-0.1, -0.05) is 0 Å². The van der Waals surface area contributed by atoms with Gasteiger partial charge in [0.1, 0.15) is 36.3 Å². The van der Waals surface area contributed by atoms with E-state index in [-0.39, 0.29) is 38.5 Å². The van der Waals surface area contributed by atoms with Gasteiger partial charge in [-0.3, -0.25) is 53.3 Å². The Morgan fingerprint density at radius 2 is 1.12 bits per heavy atom. The number of rotatable bonds is 21. The van der Waals surface area contributed by atoms with Crippen molar-refractivity contribution in [3.05, 3.63) is 0 Å². The summed E-state index contributed by atoms with van der Waals surface area (Å²) in [4.78, 5) is 124. The van der Waals surface area contributed by atoms with Crippen molar-refractivity contribution in [1.29, 1.82) is 0 Å². The van der Waals surface area contributed by atoms with Gasteiger partial charge < -0.3 is 49.1 Å². The van der Waals surface area contributed by atoms with E-state index in [1.54, 1.807) is 6.26 Å². The third-order valence-corrected chi connectivity index (χ3v) is 7.72. The highest BCUT2D eigenvalue weighted by Gasteiger charge is 2.35. The molecule has 274 valence electrons. The molecule has 21 heteroatoms. The van der Waals surface area contributed by atoms with E-state index in [0.29, 0.717) is 5.75 Å². The van der Waals surface area contributed by atoms with Gasteiger partial charge in [-0.15, -0.1) is 0 Å². The Hall–Kier alpha value is -4.79. The predicted octanol–water partition coefficient (Wildman–Crippen LogP) is -5.39. The van der Waals surface area contributed by atoms with Crippen molar-refractivity contribution in [2.24, 2.45) is 17.2 Å². The molecule has 13 N–H and O–H groups in total. The summed E-state index contributed by atoms with van der Waals surface area (Å²) < 4.78 is 0. The molecular weight excluding hydrogens is 668 g/mol. The number of carbonyl (C=O) groups excluding carboxylic acids is 10. The zero-order chi connectivity index (χ0) is 37.4. The first-order chi connectivity index (χ1) is 22.9. The smallest absolute Gasteiger partial charge is 0.249 e. The van der Waals surface area contributed by atoms with E-state index in [0.717, 1.165) is 0 Å². The lowest BCUT2D eigenvalue weighted by molar-refractivity contribution is -0.135. The second-order valence-corrected chi connectivity index (χ2v) is 12.4. The Kier molecular flexibility index (Phi) is 17.7. The van der Waals surface area contributed by atoms with Crippen LogP contribution in [0.4, 0.5) is 0 Å². The molecule has 20 nitrogen and oxygen atoms in total. The number of hydrogen-bond acceptors (Lipinski definition) is 12. The Morgan fingerprint density at radius 3 is 1.55 bits per heavy atom. The molecule has 1 aliphatic heterocycles. The molecule has 1 heterocycles. The van der Waals surface area contributed by atoms with Crippen molar-refractivity contribution in [1.82, 2.24) is 37.2 Å². The SMILES string of the molecule is CSCC[C@H](NC(=O)[C@H](CCC(N)=O)NC(=O)[C@H](C)NC(=O)[C@H](C)NC(=O)[C@H](C)N)C(=O)N[C@@H](CCC(N)=O)C(=O)N[C@H]1CC(=O)NC1=O. The molecule has 0 radical (unpaired) electrons. The van der Waals surface area contributed by atoms with E-state index >= 15 is 0 Å². The molecule has 1 saturated heterocycles. The van der Waals surface area contributed by atoms with Crippen molar-refractivity contribution in [3.8, 4) is 0 Å². The lowest BCUT2D eigenvalue weighted by Crippen LogP contribution is -2.59. The zero-order valence-electron chi connectivity index (χ0n) is 27.7. The number of imide groups is 1. The summed E-state index contributed by atoms with van der Waals surface area (Å²) in [5.74, 6) is -7.38. The highest BCUT2D eigenvalue weighted by Crippen LogP contribution is 2.08. The number of hydrogen-bond donors (Lipinski definition) is 10. The molecule has 49 heavy (non-hydrogen) atoms. The predicted molar refractivity (Wildman–Crippen MR) is 174 cm³/mol. The van der Waals surface area contributed by atoms with Crippen molar-refractivity contribution in [2.45, 2.75) is 102 Å².